The van der Waals surface area contributed by atoms with Gasteiger partial charge in [0.05, 0.1) is 0 Å². The fourth-order valence-corrected chi connectivity index (χ4v) is 8.88. The lowest BCUT2D eigenvalue weighted by Gasteiger charge is -2.50. The van der Waals surface area contributed by atoms with Crippen LogP contribution in [0.25, 0.3) is 0 Å². The van der Waals surface area contributed by atoms with E-state index in [2.05, 4.69) is 28.2 Å². The van der Waals surface area contributed by atoms with Gasteiger partial charge in [0.2, 0.25) is 5.91 Å². The van der Waals surface area contributed by atoms with Gasteiger partial charge < -0.3 is 10.4 Å². The lowest BCUT2D eigenvalue weighted by molar-refractivity contribution is -0.129. The number of amides is 1. The molecule has 2 saturated carbocycles. The number of nitrogens with zero attached hydrogens (tertiary/aromatic N) is 2. The minimum absolute atomic E-state index is 0.00113. The molecule has 0 spiro atoms. The van der Waals surface area contributed by atoms with Crippen LogP contribution in [0, 0.1) is 30.1 Å². The quantitative estimate of drug-likeness (QED) is 0.500. The predicted molar refractivity (Wildman–Crippen MR) is 146 cm³/mol. The van der Waals surface area contributed by atoms with E-state index in [1.807, 2.05) is 13.0 Å². The van der Waals surface area contributed by atoms with Crippen molar-refractivity contribution >= 4 is 28.2 Å². The number of benzene rings is 1. The summed E-state index contributed by atoms with van der Waals surface area (Å²) >= 11 is 1.49. The minimum Gasteiger partial charge on any atom is -0.508 e. The number of fused-ring (bicyclic) bond motifs is 5. The van der Waals surface area contributed by atoms with Gasteiger partial charge >= 0.3 is 0 Å². The third kappa shape index (κ3) is 4.63. The highest BCUT2D eigenvalue weighted by Gasteiger charge is 2.58. The van der Waals surface area contributed by atoms with Gasteiger partial charge in [-0.25, -0.2) is 4.98 Å². The number of aromatic hydroxyl groups is 1. The van der Waals surface area contributed by atoms with Crippen molar-refractivity contribution in [3.63, 3.8) is 0 Å². The Bertz CT molecular complexity index is 1200. The van der Waals surface area contributed by atoms with E-state index < -0.39 is 0 Å². The van der Waals surface area contributed by atoms with Crippen LogP contribution >= 0.6 is 11.3 Å². The monoisotopic (exact) mass is 521 g/mol. The van der Waals surface area contributed by atoms with E-state index in [1.54, 1.807) is 6.20 Å². The Morgan fingerprint density at radius 1 is 1.27 bits per heavy atom. The van der Waals surface area contributed by atoms with Crippen molar-refractivity contribution in [2.75, 3.05) is 18.4 Å². The Hall–Kier alpha value is -2.25. The Kier molecular flexibility index (Phi) is 6.64. The maximum Gasteiger partial charge on any atom is 0.226 e. The molecule has 2 N–H and O–H groups in total. The fourth-order valence-electron chi connectivity index (χ4n) is 8.20. The number of hydrogen-bond donors (Lipinski definition) is 2. The zero-order chi connectivity index (χ0) is 25.7. The van der Waals surface area contributed by atoms with Gasteiger partial charge in [0.25, 0.3) is 0 Å². The van der Waals surface area contributed by atoms with Gasteiger partial charge in [-0.15, -0.1) is 11.3 Å². The van der Waals surface area contributed by atoms with Gasteiger partial charge in [0.15, 0.2) is 5.13 Å². The molecule has 4 aliphatic rings. The molecule has 1 aliphatic heterocycles. The normalized spacial score (nSPS) is 31.1. The number of anilines is 1. The molecule has 6 rings (SSSR count). The molecule has 37 heavy (non-hydrogen) atoms. The number of aryl methyl sites for hydroxylation is 2. The van der Waals surface area contributed by atoms with Crippen LogP contribution in [0.3, 0.4) is 0 Å². The maximum absolute atomic E-state index is 13.3. The molecule has 5 atom stereocenters. The minimum atomic E-state index is -0.262. The van der Waals surface area contributed by atoms with Crippen molar-refractivity contribution < 1.29 is 14.7 Å². The molecular formula is C30H39N3O3S. The Labute approximate surface area is 223 Å². The summed E-state index contributed by atoms with van der Waals surface area (Å²) < 4.78 is 0. The van der Waals surface area contributed by atoms with Gasteiger partial charge in [-0.1, -0.05) is 13.0 Å². The highest BCUT2D eigenvalue weighted by Crippen LogP contribution is 2.62. The summed E-state index contributed by atoms with van der Waals surface area (Å²) in [7, 11) is 0. The van der Waals surface area contributed by atoms with Gasteiger partial charge in [0, 0.05) is 41.4 Å². The summed E-state index contributed by atoms with van der Waals surface area (Å²) in [5, 5.41) is 14.4. The molecule has 6 nitrogen and oxygen atoms in total. The van der Waals surface area contributed by atoms with Gasteiger partial charge in [0.1, 0.15) is 11.5 Å². The van der Waals surface area contributed by atoms with Gasteiger partial charge in [-0.3, -0.25) is 14.5 Å². The van der Waals surface area contributed by atoms with Crippen LogP contribution < -0.4 is 5.32 Å². The Morgan fingerprint density at radius 2 is 2.08 bits per heavy atom. The smallest absolute Gasteiger partial charge is 0.226 e. The lowest BCUT2D eigenvalue weighted by Crippen LogP contribution is -2.44. The van der Waals surface area contributed by atoms with E-state index in [0.29, 0.717) is 47.3 Å². The zero-order valence-corrected chi connectivity index (χ0v) is 22.9. The SMILES string of the molecule is Cc1cnc(NC(=O)CCC2CC(=O)C3(C)CCC4c5cc(CN6CCCC6)c(O)cc5CCC4C23)s1. The largest absolute Gasteiger partial charge is 0.508 e. The summed E-state index contributed by atoms with van der Waals surface area (Å²) in [6, 6.07) is 4.34. The number of carbonyl (C=O) groups excluding carboxylic acids is 2. The maximum atomic E-state index is 13.3. The van der Waals surface area contributed by atoms with Gasteiger partial charge in [-0.05, 0) is 106 Å². The average molecular weight is 522 g/mol. The van der Waals surface area contributed by atoms with Gasteiger partial charge in [-0.2, -0.15) is 0 Å². The summed E-state index contributed by atoms with van der Waals surface area (Å²) in [6.45, 7) is 7.24. The number of likely N-dealkylation sites (tertiary alicyclic amines) is 1. The molecule has 1 amide bonds. The van der Waals surface area contributed by atoms with Crippen LogP contribution in [0.15, 0.2) is 18.3 Å². The van der Waals surface area contributed by atoms with Crippen LogP contribution in [0.2, 0.25) is 0 Å². The number of aromatic nitrogens is 1. The first-order valence-electron chi connectivity index (χ1n) is 14.1. The number of rotatable bonds is 6. The van der Waals surface area contributed by atoms with Crippen molar-refractivity contribution in [1.29, 1.82) is 0 Å². The highest BCUT2D eigenvalue weighted by atomic mass is 32.1. The molecule has 2 heterocycles. The van der Waals surface area contributed by atoms with Crippen molar-refractivity contribution in [2.45, 2.75) is 84.1 Å². The Balaban J connectivity index is 1.21. The number of Topliss-reactive ketones (excluding diaryl/α,β-unsaturated/α-hetero) is 1. The van der Waals surface area contributed by atoms with Crippen molar-refractivity contribution in [1.82, 2.24) is 9.88 Å². The van der Waals surface area contributed by atoms with Crippen LogP contribution in [0.4, 0.5) is 5.13 Å². The topological polar surface area (TPSA) is 82.5 Å². The summed E-state index contributed by atoms with van der Waals surface area (Å²) in [5.74, 6) is 2.35. The molecule has 0 bridgehead atoms. The van der Waals surface area contributed by atoms with Crippen molar-refractivity contribution in [2.24, 2.45) is 23.2 Å². The second-order valence-corrected chi connectivity index (χ2v) is 13.4. The van der Waals surface area contributed by atoms with Crippen LogP contribution in [0.5, 0.6) is 5.75 Å². The molecule has 2 aromatic rings. The van der Waals surface area contributed by atoms with E-state index in [1.165, 1.54) is 35.3 Å². The van der Waals surface area contributed by atoms with E-state index in [0.717, 1.165) is 62.2 Å². The number of hydrogen-bond acceptors (Lipinski definition) is 6. The molecule has 1 saturated heterocycles. The number of nitrogens with one attached hydrogen (secondary N) is 1. The van der Waals surface area contributed by atoms with Crippen LogP contribution in [-0.2, 0) is 22.6 Å². The molecule has 7 heteroatoms. The molecule has 5 unspecified atom stereocenters. The number of phenolic OH excluding ortho intramolecular Hbond substituents is 1. The first-order valence-corrected chi connectivity index (χ1v) is 15.0. The summed E-state index contributed by atoms with van der Waals surface area (Å²) in [4.78, 5) is 33.8. The number of carbonyl (C=O) groups is 2. The zero-order valence-electron chi connectivity index (χ0n) is 22.1. The lowest BCUT2D eigenvalue weighted by atomic mass is 9.54. The highest BCUT2D eigenvalue weighted by molar-refractivity contribution is 7.15. The van der Waals surface area contributed by atoms with E-state index >= 15 is 0 Å². The van der Waals surface area contributed by atoms with Crippen LogP contribution in [-0.4, -0.2) is 39.8 Å². The predicted octanol–water partition coefficient (Wildman–Crippen LogP) is 5.82. The third-order valence-corrected chi connectivity index (χ3v) is 10.8. The molecule has 3 aliphatic carbocycles. The summed E-state index contributed by atoms with van der Waals surface area (Å²) in [6.07, 6.45) is 10.1. The average Bonchev–Trinajstić information content (AvgIpc) is 3.58. The van der Waals surface area contributed by atoms with Crippen molar-refractivity contribution in [3.8, 4) is 5.75 Å². The summed E-state index contributed by atoms with van der Waals surface area (Å²) in [5.41, 5.74) is 3.51. The number of phenols is 1. The second-order valence-electron chi connectivity index (χ2n) is 12.2. The molecule has 0 radical (unpaired) electrons. The number of ketones is 1. The molecule has 1 aromatic carbocycles. The van der Waals surface area contributed by atoms with Crippen LogP contribution in [0.1, 0.15) is 85.8 Å². The third-order valence-electron chi connectivity index (χ3n) is 9.97. The fraction of sp³-hybridized carbons (Fsp3) is 0.633. The molecule has 198 valence electrons. The first kappa shape index (κ1) is 25.1. The van der Waals surface area contributed by atoms with Crippen molar-refractivity contribution in [3.05, 3.63) is 39.9 Å². The standard InChI is InChI=1S/C30H39N3O3S/c1-18-16-31-29(37-18)32-27(36)8-6-20-15-26(35)30(2)10-9-22-23(28(20)30)7-5-19-14-25(34)21(13-24(19)22)17-33-11-3-4-12-33/h13-14,16,20,22-23,28,34H,3-12,15,17H2,1-2H3,(H,31,32,36). The first-order chi connectivity index (χ1) is 17.8. The Morgan fingerprint density at radius 3 is 2.84 bits per heavy atom. The van der Waals surface area contributed by atoms with E-state index in [9.17, 15) is 14.7 Å². The number of thiazole rings is 1. The molecular weight excluding hydrogens is 482 g/mol. The van der Waals surface area contributed by atoms with E-state index in [4.69, 9.17) is 0 Å². The second kappa shape index (κ2) is 9.81. The molecule has 3 fully saturated rings. The van der Waals surface area contributed by atoms with E-state index in [-0.39, 0.29) is 17.2 Å². The molecule has 1 aromatic heterocycles.